The Morgan fingerprint density at radius 1 is 1.11 bits per heavy atom. The number of rotatable bonds is 5. The van der Waals surface area contributed by atoms with E-state index in [1.165, 1.54) is 17.2 Å². The van der Waals surface area contributed by atoms with Gasteiger partial charge in [-0.2, -0.15) is 5.10 Å². The van der Waals surface area contributed by atoms with Crippen LogP contribution in [0.25, 0.3) is 22.2 Å². The van der Waals surface area contributed by atoms with E-state index in [1.807, 2.05) is 0 Å². The maximum absolute atomic E-state index is 14.4. The number of hydrogen-bond acceptors (Lipinski definition) is 5. The Morgan fingerprint density at radius 3 is 2.43 bits per heavy atom. The van der Waals surface area contributed by atoms with Gasteiger partial charge in [0.1, 0.15) is 11.6 Å². The van der Waals surface area contributed by atoms with Gasteiger partial charge in [0.15, 0.2) is 5.60 Å². The highest BCUT2D eigenvalue weighted by Crippen LogP contribution is 2.30. The van der Waals surface area contributed by atoms with Crippen LogP contribution in [0, 0.1) is 11.6 Å². The lowest BCUT2D eigenvalue weighted by atomic mass is 10.0. The van der Waals surface area contributed by atoms with E-state index in [4.69, 9.17) is 9.84 Å². The molecular formula is C23H22F4N4O4. The smallest absolute Gasteiger partial charge is 0.410 e. The number of carbonyl (C=O) groups excluding carboxylic acids is 1. The van der Waals surface area contributed by atoms with Crippen LogP contribution in [0.2, 0.25) is 0 Å². The van der Waals surface area contributed by atoms with E-state index >= 15 is 0 Å². The third-order valence-corrected chi connectivity index (χ3v) is 5.99. The fourth-order valence-electron chi connectivity index (χ4n) is 3.92. The van der Waals surface area contributed by atoms with Gasteiger partial charge in [-0.1, -0.05) is 0 Å². The number of carboxylic acid groups (broad SMARTS) is 1. The molecular weight excluding hydrogens is 472 g/mol. The number of carboxylic acids is 1. The Balaban J connectivity index is 1.50. The molecule has 12 heteroatoms. The number of benzene rings is 1. The number of aromatic carboxylic acids is 1. The normalized spacial score (nSPS) is 15.1. The quantitative estimate of drug-likeness (QED) is 0.507. The number of ether oxygens (including phenoxy) is 1. The standard InChI is InChI=1S/C23H22F4N4O4/c1-23(2,21(26)27)35-22(34)30-5-3-13(4-6-30)31-19-11-28-18(7-12(19)10-29-31)14-8-17(25)15(20(32)33)9-16(14)24/h7-11,13,21H,3-6H2,1-2H3,(H,32,33). The van der Waals surface area contributed by atoms with Crippen molar-refractivity contribution in [2.45, 2.75) is 44.8 Å². The zero-order chi connectivity index (χ0) is 25.5. The van der Waals surface area contributed by atoms with Gasteiger partial charge in [-0.3, -0.25) is 9.67 Å². The number of piperidine rings is 1. The fourth-order valence-corrected chi connectivity index (χ4v) is 3.92. The molecule has 3 heterocycles. The van der Waals surface area contributed by atoms with Crippen molar-refractivity contribution in [3.63, 3.8) is 0 Å². The minimum Gasteiger partial charge on any atom is -0.478 e. The Kier molecular flexibility index (Phi) is 6.39. The molecule has 0 unspecified atom stereocenters. The Hall–Kier alpha value is -3.70. The summed E-state index contributed by atoms with van der Waals surface area (Å²) in [5, 5.41) is 13.9. The summed E-state index contributed by atoms with van der Waals surface area (Å²) in [4.78, 5) is 28.8. The van der Waals surface area contributed by atoms with Crippen LogP contribution < -0.4 is 0 Å². The summed E-state index contributed by atoms with van der Waals surface area (Å²) in [6.45, 7) is 2.88. The number of pyridine rings is 1. The van der Waals surface area contributed by atoms with Gasteiger partial charge < -0.3 is 14.7 Å². The topological polar surface area (TPSA) is 97.6 Å². The molecule has 1 aromatic carbocycles. The number of aromatic nitrogens is 3. The summed E-state index contributed by atoms with van der Waals surface area (Å²) < 4.78 is 61.2. The van der Waals surface area contributed by atoms with Gasteiger partial charge in [0.2, 0.25) is 0 Å². The molecule has 0 aliphatic carbocycles. The van der Waals surface area contributed by atoms with Gasteiger partial charge in [0, 0.05) is 24.0 Å². The van der Waals surface area contributed by atoms with Crippen molar-refractivity contribution in [3.05, 3.63) is 47.8 Å². The lowest BCUT2D eigenvalue weighted by molar-refractivity contribution is -0.0877. The molecule has 0 radical (unpaired) electrons. The largest absolute Gasteiger partial charge is 0.478 e. The average molecular weight is 494 g/mol. The van der Waals surface area contributed by atoms with Gasteiger partial charge in [-0.15, -0.1) is 0 Å². The second kappa shape index (κ2) is 9.16. The summed E-state index contributed by atoms with van der Waals surface area (Å²) in [6.07, 6.45) is 0.404. The molecule has 8 nitrogen and oxygen atoms in total. The number of carbonyl (C=O) groups is 2. The highest BCUT2D eigenvalue weighted by atomic mass is 19.3. The summed E-state index contributed by atoms with van der Waals surface area (Å²) in [5.74, 6) is -3.57. The average Bonchev–Trinajstić information content (AvgIpc) is 3.23. The minimum atomic E-state index is -2.81. The monoisotopic (exact) mass is 494 g/mol. The first-order valence-corrected chi connectivity index (χ1v) is 10.8. The highest BCUT2D eigenvalue weighted by Gasteiger charge is 2.36. The zero-order valence-corrected chi connectivity index (χ0v) is 18.8. The van der Waals surface area contributed by atoms with Crippen LogP contribution in [0.5, 0.6) is 0 Å². The van der Waals surface area contributed by atoms with Crippen LogP contribution in [0.4, 0.5) is 22.4 Å². The van der Waals surface area contributed by atoms with E-state index in [9.17, 15) is 27.2 Å². The number of nitrogens with zero attached hydrogens (tertiary/aromatic N) is 4. The number of halogens is 4. The van der Waals surface area contributed by atoms with E-state index in [0.29, 0.717) is 29.8 Å². The summed E-state index contributed by atoms with van der Waals surface area (Å²) in [6, 6.07) is 2.83. The molecule has 0 saturated carbocycles. The van der Waals surface area contributed by atoms with Crippen molar-refractivity contribution in [3.8, 4) is 11.3 Å². The third kappa shape index (κ3) is 4.77. The summed E-state index contributed by atoms with van der Waals surface area (Å²) >= 11 is 0. The van der Waals surface area contributed by atoms with Gasteiger partial charge >= 0.3 is 12.1 Å². The number of fused-ring (bicyclic) bond motifs is 1. The molecule has 1 aliphatic heterocycles. The molecule has 186 valence electrons. The number of amides is 1. The number of likely N-dealkylation sites (tertiary alicyclic amines) is 1. The van der Waals surface area contributed by atoms with Crippen molar-refractivity contribution < 1.29 is 37.0 Å². The maximum atomic E-state index is 14.4. The molecule has 1 aliphatic rings. The first-order valence-electron chi connectivity index (χ1n) is 10.8. The Labute approximate surface area is 197 Å². The van der Waals surface area contributed by atoms with Crippen molar-refractivity contribution in [1.82, 2.24) is 19.7 Å². The van der Waals surface area contributed by atoms with E-state index in [2.05, 4.69) is 10.1 Å². The second-order valence-corrected chi connectivity index (χ2v) is 8.82. The summed E-state index contributed by atoms with van der Waals surface area (Å²) in [5.41, 5.74) is -2.08. The third-order valence-electron chi connectivity index (χ3n) is 5.99. The minimum absolute atomic E-state index is 0.101. The van der Waals surface area contributed by atoms with Crippen LogP contribution in [-0.2, 0) is 4.74 Å². The van der Waals surface area contributed by atoms with E-state index in [0.717, 1.165) is 19.9 Å². The molecule has 0 bridgehead atoms. The lowest BCUT2D eigenvalue weighted by Gasteiger charge is -2.34. The van der Waals surface area contributed by atoms with E-state index in [-0.39, 0.29) is 30.4 Å². The van der Waals surface area contributed by atoms with Crippen molar-refractivity contribution in [2.24, 2.45) is 0 Å². The van der Waals surface area contributed by atoms with Crippen LogP contribution >= 0.6 is 0 Å². The molecule has 1 N–H and O–H groups in total. The molecule has 1 amide bonds. The van der Waals surface area contributed by atoms with Crippen LogP contribution in [-0.4, -0.2) is 61.9 Å². The second-order valence-electron chi connectivity index (χ2n) is 8.82. The van der Waals surface area contributed by atoms with Gasteiger partial charge in [-0.25, -0.2) is 27.2 Å². The Morgan fingerprint density at radius 2 is 1.80 bits per heavy atom. The molecule has 4 rings (SSSR count). The Bertz CT molecular complexity index is 1290. The van der Waals surface area contributed by atoms with Crippen LogP contribution in [0.1, 0.15) is 43.1 Å². The lowest BCUT2D eigenvalue weighted by Crippen LogP contribution is -2.45. The van der Waals surface area contributed by atoms with Crippen molar-refractivity contribution in [2.75, 3.05) is 13.1 Å². The van der Waals surface area contributed by atoms with Crippen molar-refractivity contribution in [1.29, 1.82) is 0 Å². The first kappa shape index (κ1) is 24.4. The van der Waals surface area contributed by atoms with Crippen LogP contribution in [0.15, 0.2) is 30.6 Å². The molecule has 1 fully saturated rings. The molecule has 2 aromatic heterocycles. The first-order chi connectivity index (χ1) is 16.5. The van der Waals surface area contributed by atoms with Gasteiger partial charge in [0.05, 0.1) is 35.2 Å². The predicted molar refractivity (Wildman–Crippen MR) is 116 cm³/mol. The molecule has 1 saturated heterocycles. The fraction of sp³-hybridized carbons (Fsp3) is 0.391. The number of hydrogen-bond donors (Lipinski definition) is 1. The van der Waals surface area contributed by atoms with Gasteiger partial charge in [0.25, 0.3) is 6.43 Å². The van der Waals surface area contributed by atoms with Crippen LogP contribution in [0.3, 0.4) is 0 Å². The van der Waals surface area contributed by atoms with Crippen molar-refractivity contribution >= 4 is 23.0 Å². The SMILES string of the molecule is CC(C)(OC(=O)N1CCC(n2ncc3cc(-c4cc(F)c(C(=O)O)cc4F)ncc32)CC1)C(F)F. The summed E-state index contributed by atoms with van der Waals surface area (Å²) in [7, 11) is 0. The maximum Gasteiger partial charge on any atom is 0.410 e. The molecule has 0 spiro atoms. The predicted octanol–water partition coefficient (Wildman–Crippen LogP) is 4.89. The van der Waals surface area contributed by atoms with E-state index in [1.54, 1.807) is 10.9 Å². The molecule has 3 aromatic rings. The molecule has 35 heavy (non-hydrogen) atoms. The zero-order valence-electron chi connectivity index (χ0n) is 18.8. The molecule has 0 atom stereocenters. The number of alkyl halides is 2. The highest BCUT2D eigenvalue weighted by molar-refractivity contribution is 5.89. The van der Waals surface area contributed by atoms with E-state index < -0.39 is 41.3 Å². The van der Waals surface area contributed by atoms with Gasteiger partial charge in [-0.05, 0) is 44.9 Å².